The zero-order valence-corrected chi connectivity index (χ0v) is 12.6. The summed E-state index contributed by atoms with van der Waals surface area (Å²) in [5.74, 6) is -2.42. The maximum atomic E-state index is 14.0. The maximum absolute atomic E-state index is 14.0. The standard InChI is InChI=1S/C18H11F4NO2/c19-13-8-7-10(9-12(13)18(21)22)25-16-6-2-4-14(23-16)11-3-1-5-15(24)17(11)20/h1-9,18,24H. The van der Waals surface area contributed by atoms with Crippen molar-refractivity contribution in [2.75, 3.05) is 0 Å². The molecule has 128 valence electrons. The Balaban J connectivity index is 1.93. The SMILES string of the molecule is Oc1cccc(-c2cccc(Oc3ccc(F)c(C(F)F)c3)n2)c1F. The molecule has 0 aliphatic carbocycles. The van der Waals surface area contributed by atoms with Crippen LogP contribution in [-0.4, -0.2) is 10.1 Å². The van der Waals surface area contributed by atoms with Crippen LogP contribution in [0.25, 0.3) is 11.3 Å². The van der Waals surface area contributed by atoms with Crippen LogP contribution >= 0.6 is 0 Å². The van der Waals surface area contributed by atoms with Gasteiger partial charge in [-0.15, -0.1) is 0 Å². The summed E-state index contributed by atoms with van der Waals surface area (Å²) in [5.41, 5.74) is -0.549. The number of alkyl halides is 2. The monoisotopic (exact) mass is 349 g/mol. The van der Waals surface area contributed by atoms with Gasteiger partial charge in [-0.05, 0) is 36.4 Å². The van der Waals surface area contributed by atoms with Crippen molar-refractivity contribution >= 4 is 0 Å². The van der Waals surface area contributed by atoms with Gasteiger partial charge in [0, 0.05) is 11.6 Å². The summed E-state index contributed by atoms with van der Waals surface area (Å²) in [6.45, 7) is 0. The molecule has 0 aliphatic rings. The molecule has 0 fully saturated rings. The quantitative estimate of drug-likeness (QED) is 0.636. The molecule has 1 heterocycles. The number of phenolic OH excluding ortho intramolecular Hbond substituents is 1. The third-order valence-corrected chi connectivity index (χ3v) is 3.40. The molecule has 2 aromatic carbocycles. The second kappa shape index (κ2) is 6.80. The van der Waals surface area contributed by atoms with Gasteiger partial charge in [-0.1, -0.05) is 12.1 Å². The Hall–Kier alpha value is -3.09. The van der Waals surface area contributed by atoms with E-state index in [2.05, 4.69) is 4.98 Å². The third-order valence-electron chi connectivity index (χ3n) is 3.40. The first-order chi connectivity index (χ1) is 12.0. The van der Waals surface area contributed by atoms with Crippen LogP contribution in [0, 0.1) is 11.6 Å². The molecule has 0 aliphatic heterocycles. The van der Waals surface area contributed by atoms with Crippen molar-refractivity contribution in [2.24, 2.45) is 0 Å². The Morgan fingerprint density at radius 3 is 2.48 bits per heavy atom. The first-order valence-corrected chi connectivity index (χ1v) is 7.16. The molecule has 0 radical (unpaired) electrons. The molecule has 0 atom stereocenters. The highest BCUT2D eigenvalue weighted by atomic mass is 19.3. The van der Waals surface area contributed by atoms with Gasteiger partial charge in [0.1, 0.15) is 11.6 Å². The lowest BCUT2D eigenvalue weighted by Crippen LogP contribution is -1.95. The van der Waals surface area contributed by atoms with Crippen LogP contribution in [0.5, 0.6) is 17.4 Å². The molecule has 3 rings (SSSR count). The van der Waals surface area contributed by atoms with Gasteiger partial charge in [0.25, 0.3) is 6.43 Å². The lowest BCUT2D eigenvalue weighted by atomic mass is 10.1. The van der Waals surface area contributed by atoms with Gasteiger partial charge >= 0.3 is 0 Å². The molecule has 25 heavy (non-hydrogen) atoms. The van der Waals surface area contributed by atoms with Crippen molar-refractivity contribution in [1.29, 1.82) is 0 Å². The molecule has 1 N–H and O–H groups in total. The number of hydrogen-bond acceptors (Lipinski definition) is 3. The van der Waals surface area contributed by atoms with Gasteiger partial charge in [-0.25, -0.2) is 22.5 Å². The van der Waals surface area contributed by atoms with Gasteiger partial charge in [0.2, 0.25) is 5.88 Å². The second-order valence-corrected chi connectivity index (χ2v) is 5.09. The Labute approximate surface area is 140 Å². The van der Waals surface area contributed by atoms with E-state index >= 15 is 0 Å². The number of hydrogen-bond donors (Lipinski definition) is 1. The third kappa shape index (κ3) is 3.55. The van der Waals surface area contributed by atoms with Crippen LogP contribution in [0.4, 0.5) is 17.6 Å². The van der Waals surface area contributed by atoms with E-state index in [1.807, 2.05) is 0 Å². The molecule has 0 unspecified atom stereocenters. The summed E-state index contributed by atoms with van der Waals surface area (Å²) in [7, 11) is 0. The van der Waals surface area contributed by atoms with Crippen LogP contribution in [0.2, 0.25) is 0 Å². The van der Waals surface area contributed by atoms with Gasteiger partial charge < -0.3 is 9.84 Å². The molecule has 1 aromatic heterocycles. The van der Waals surface area contributed by atoms with E-state index in [1.165, 1.54) is 42.5 Å². The topological polar surface area (TPSA) is 42.4 Å². The minimum atomic E-state index is -2.98. The highest BCUT2D eigenvalue weighted by Crippen LogP contribution is 2.31. The second-order valence-electron chi connectivity index (χ2n) is 5.09. The van der Waals surface area contributed by atoms with E-state index in [0.717, 1.165) is 12.1 Å². The average Bonchev–Trinajstić information content (AvgIpc) is 2.59. The summed E-state index contributed by atoms with van der Waals surface area (Å²) in [6.07, 6.45) is -2.98. The molecular formula is C18H11F4NO2. The first kappa shape index (κ1) is 16.8. The van der Waals surface area contributed by atoms with Crippen LogP contribution in [0.1, 0.15) is 12.0 Å². The van der Waals surface area contributed by atoms with Crippen molar-refractivity contribution < 1.29 is 27.4 Å². The van der Waals surface area contributed by atoms with E-state index in [0.29, 0.717) is 0 Å². The first-order valence-electron chi connectivity index (χ1n) is 7.16. The summed E-state index contributed by atoms with van der Waals surface area (Å²) < 4.78 is 58.1. The molecule has 0 saturated heterocycles. The summed E-state index contributed by atoms with van der Waals surface area (Å²) >= 11 is 0. The van der Waals surface area contributed by atoms with E-state index < -0.39 is 29.4 Å². The van der Waals surface area contributed by atoms with E-state index in [-0.39, 0.29) is 22.9 Å². The van der Waals surface area contributed by atoms with Gasteiger partial charge in [0.15, 0.2) is 11.6 Å². The van der Waals surface area contributed by atoms with Crippen molar-refractivity contribution in [1.82, 2.24) is 4.98 Å². The number of ether oxygens (including phenoxy) is 1. The predicted molar refractivity (Wildman–Crippen MR) is 82.7 cm³/mol. The molecule has 0 amide bonds. The highest BCUT2D eigenvalue weighted by Gasteiger charge is 2.15. The van der Waals surface area contributed by atoms with E-state index in [9.17, 15) is 22.7 Å². The highest BCUT2D eigenvalue weighted by molar-refractivity contribution is 5.62. The van der Waals surface area contributed by atoms with Crippen LogP contribution in [0.3, 0.4) is 0 Å². The molecule has 0 saturated carbocycles. The number of benzene rings is 2. The van der Waals surface area contributed by atoms with Crippen LogP contribution in [0.15, 0.2) is 54.6 Å². The molecular weight excluding hydrogens is 338 g/mol. The summed E-state index contributed by atoms with van der Waals surface area (Å²) in [5, 5.41) is 9.43. The van der Waals surface area contributed by atoms with Gasteiger partial charge in [-0.2, -0.15) is 0 Å². The smallest absolute Gasteiger partial charge is 0.266 e. The lowest BCUT2D eigenvalue weighted by molar-refractivity contribution is 0.146. The van der Waals surface area contributed by atoms with Crippen molar-refractivity contribution in [3.63, 3.8) is 0 Å². The Morgan fingerprint density at radius 1 is 0.960 bits per heavy atom. The number of aromatic hydroxyl groups is 1. The molecule has 0 bridgehead atoms. The van der Waals surface area contributed by atoms with E-state index in [1.54, 1.807) is 0 Å². The average molecular weight is 349 g/mol. The molecule has 7 heteroatoms. The number of pyridine rings is 1. The Kier molecular flexibility index (Phi) is 4.56. The van der Waals surface area contributed by atoms with E-state index in [4.69, 9.17) is 4.74 Å². The predicted octanol–water partition coefficient (Wildman–Crippen LogP) is 5.46. The molecule has 0 spiro atoms. The van der Waals surface area contributed by atoms with Gasteiger partial charge in [0.05, 0.1) is 11.3 Å². The van der Waals surface area contributed by atoms with Crippen molar-refractivity contribution in [2.45, 2.75) is 6.43 Å². The fourth-order valence-electron chi connectivity index (χ4n) is 2.21. The largest absolute Gasteiger partial charge is 0.505 e. The minimum Gasteiger partial charge on any atom is -0.505 e. The fourth-order valence-corrected chi connectivity index (χ4v) is 2.21. The summed E-state index contributed by atoms with van der Waals surface area (Å²) in [4.78, 5) is 4.08. The Bertz CT molecular complexity index is 915. The fraction of sp³-hybridized carbons (Fsp3) is 0.0556. The maximum Gasteiger partial charge on any atom is 0.266 e. The van der Waals surface area contributed by atoms with Crippen molar-refractivity contribution in [3.8, 4) is 28.6 Å². The Morgan fingerprint density at radius 2 is 1.72 bits per heavy atom. The number of phenols is 1. The minimum absolute atomic E-state index is 0.00654. The van der Waals surface area contributed by atoms with Crippen LogP contribution in [-0.2, 0) is 0 Å². The molecule has 3 aromatic rings. The summed E-state index contributed by atoms with van der Waals surface area (Å²) in [6, 6.07) is 11.5. The van der Waals surface area contributed by atoms with Gasteiger partial charge in [-0.3, -0.25) is 0 Å². The zero-order valence-electron chi connectivity index (χ0n) is 12.6. The van der Waals surface area contributed by atoms with Crippen molar-refractivity contribution in [3.05, 3.63) is 71.8 Å². The normalized spacial score (nSPS) is 10.9. The number of nitrogens with zero attached hydrogens (tertiary/aromatic N) is 1. The number of rotatable bonds is 4. The van der Waals surface area contributed by atoms with Crippen LogP contribution < -0.4 is 4.74 Å². The zero-order chi connectivity index (χ0) is 18.0. The molecule has 3 nitrogen and oxygen atoms in total. The number of halogens is 4. The number of aromatic nitrogens is 1. The lowest BCUT2D eigenvalue weighted by Gasteiger charge is -2.09.